The number of ether oxygens (including phenoxy) is 2. The van der Waals surface area contributed by atoms with Gasteiger partial charge in [-0.2, -0.15) is 0 Å². The molecule has 3 N–H and O–H groups in total. The standard InChI is InChI=1S/C22H20N4O4/c1-3-24-22(28)26-11-9-13-12-14(4-6-16(13)26)30-17-8-10-25-20-15(17)5-7-18(29-2)19(20)21(23)27/h4-12H,3H2,1-2H3,(H2,23,27)(H,24,28). The second-order valence-electron chi connectivity index (χ2n) is 6.56. The van der Waals surface area contributed by atoms with Crippen LogP contribution in [0.3, 0.4) is 0 Å². The number of hydrogen-bond donors (Lipinski definition) is 2. The van der Waals surface area contributed by atoms with Gasteiger partial charge in [0.2, 0.25) is 0 Å². The summed E-state index contributed by atoms with van der Waals surface area (Å²) in [6.07, 6.45) is 3.26. The molecule has 2 aromatic carbocycles. The van der Waals surface area contributed by atoms with E-state index in [-0.39, 0.29) is 11.6 Å². The van der Waals surface area contributed by atoms with Crippen molar-refractivity contribution in [3.8, 4) is 17.2 Å². The van der Waals surface area contributed by atoms with Gasteiger partial charge in [-0.15, -0.1) is 0 Å². The summed E-state index contributed by atoms with van der Waals surface area (Å²) < 4.78 is 12.9. The van der Waals surface area contributed by atoms with Crippen LogP contribution in [-0.4, -0.2) is 35.1 Å². The van der Waals surface area contributed by atoms with Gasteiger partial charge in [-0.25, -0.2) is 4.79 Å². The third-order valence-corrected chi connectivity index (χ3v) is 4.74. The molecule has 4 aromatic rings. The molecule has 0 radical (unpaired) electrons. The number of carbonyl (C=O) groups excluding carboxylic acids is 2. The molecular weight excluding hydrogens is 384 g/mol. The zero-order valence-electron chi connectivity index (χ0n) is 16.5. The molecule has 30 heavy (non-hydrogen) atoms. The van der Waals surface area contributed by atoms with Crippen molar-refractivity contribution in [2.45, 2.75) is 6.92 Å². The fraction of sp³-hybridized carbons (Fsp3) is 0.136. The summed E-state index contributed by atoms with van der Waals surface area (Å²) in [7, 11) is 1.47. The highest BCUT2D eigenvalue weighted by molar-refractivity contribution is 6.08. The van der Waals surface area contributed by atoms with Gasteiger partial charge in [-0.1, -0.05) is 0 Å². The number of nitrogens with one attached hydrogen (secondary N) is 1. The Bertz CT molecular complexity index is 1280. The molecule has 0 atom stereocenters. The maximum absolute atomic E-state index is 12.1. The van der Waals surface area contributed by atoms with Crippen LogP contribution >= 0.6 is 0 Å². The molecule has 0 aliphatic rings. The number of hydrogen-bond acceptors (Lipinski definition) is 5. The van der Waals surface area contributed by atoms with Crippen molar-refractivity contribution in [3.63, 3.8) is 0 Å². The molecule has 0 aliphatic carbocycles. The number of fused-ring (bicyclic) bond motifs is 2. The first kappa shape index (κ1) is 19.3. The molecule has 8 heteroatoms. The molecule has 4 rings (SSSR count). The van der Waals surface area contributed by atoms with Crippen LogP contribution in [0, 0.1) is 0 Å². The normalized spacial score (nSPS) is 10.9. The number of rotatable bonds is 5. The maximum Gasteiger partial charge on any atom is 0.326 e. The highest BCUT2D eigenvalue weighted by Gasteiger charge is 2.17. The van der Waals surface area contributed by atoms with Gasteiger partial charge in [-0.3, -0.25) is 14.3 Å². The largest absolute Gasteiger partial charge is 0.496 e. The monoisotopic (exact) mass is 404 g/mol. The van der Waals surface area contributed by atoms with Crippen molar-refractivity contribution in [1.82, 2.24) is 14.9 Å². The summed E-state index contributed by atoms with van der Waals surface area (Å²) >= 11 is 0. The van der Waals surface area contributed by atoms with E-state index in [4.69, 9.17) is 15.2 Å². The first-order valence-corrected chi connectivity index (χ1v) is 9.36. The first-order valence-electron chi connectivity index (χ1n) is 9.36. The molecule has 0 saturated heterocycles. The molecule has 0 spiro atoms. The van der Waals surface area contributed by atoms with E-state index >= 15 is 0 Å². The number of pyridine rings is 1. The molecule has 0 aliphatic heterocycles. The number of nitrogens with two attached hydrogens (primary N) is 1. The Hall–Kier alpha value is -4.07. The number of nitrogens with zero attached hydrogens (tertiary/aromatic N) is 2. The second kappa shape index (κ2) is 7.75. The van der Waals surface area contributed by atoms with Crippen LogP contribution in [0.1, 0.15) is 17.3 Å². The number of amides is 2. The fourth-order valence-electron chi connectivity index (χ4n) is 3.40. The molecule has 0 unspecified atom stereocenters. The third kappa shape index (κ3) is 3.28. The van der Waals surface area contributed by atoms with Gasteiger partial charge in [0.25, 0.3) is 5.91 Å². The Labute approximate surface area is 172 Å². The molecular formula is C22H20N4O4. The summed E-state index contributed by atoms with van der Waals surface area (Å²) in [4.78, 5) is 28.4. The number of carbonyl (C=O) groups is 2. The maximum atomic E-state index is 12.1. The minimum atomic E-state index is -0.629. The summed E-state index contributed by atoms with van der Waals surface area (Å²) in [6.45, 7) is 2.42. The molecule has 0 fully saturated rings. The smallest absolute Gasteiger partial charge is 0.326 e. The van der Waals surface area contributed by atoms with Crippen LogP contribution < -0.4 is 20.5 Å². The molecule has 0 saturated carbocycles. The van der Waals surface area contributed by atoms with E-state index in [9.17, 15) is 9.59 Å². The lowest BCUT2D eigenvalue weighted by Crippen LogP contribution is -2.27. The lowest BCUT2D eigenvalue weighted by atomic mass is 10.1. The SMILES string of the molecule is CCNC(=O)n1ccc2cc(Oc3ccnc4c(C(N)=O)c(OC)ccc34)ccc21. The quantitative estimate of drug-likeness (QED) is 0.528. The molecule has 2 heterocycles. The number of methoxy groups -OCH3 is 1. The molecule has 2 aromatic heterocycles. The minimum absolute atomic E-state index is 0.186. The number of aromatic nitrogens is 2. The molecule has 2 amide bonds. The van der Waals surface area contributed by atoms with Crippen molar-refractivity contribution in [1.29, 1.82) is 0 Å². The lowest BCUT2D eigenvalue weighted by Gasteiger charge is -2.12. The van der Waals surface area contributed by atoms with Gasteiger partial charge >= 0.3 is 6.03 Å². The average molecular weight is 404 g/mol. The van der Waals surface area contributed by atoms with E-state index < -0.39 is 5.91 Å². The third-order valence-electron chi connectivity index (χ3n) is 4.74. The van der Waals surface area contributed by atoms with Gasteiger partial charge in [0, 0.05) is 29.7 Å². The summed E-state index contributed by atoms with van der Waals surface area (Å²) in [5.74, 6) is 0.829. The second-order valence-corrected chi connectivity index (χ2v) is 6.56. The predicted molar refractivity (Wildman–Crippen MR) is 113 cm³/mol. The van der Waals surface area contributed by atoms with Crippen LogP contribution in [0.25, 0.3) is 21.8 Å². The van der Waals surface area contributed by atoms with Gasteiger partial charge < -0.3 is 20.5 Å². The van der Waals surface area contributed by atoms with E-state index in [0.29, 0.717) is 34.7 Å². The van der Waals surface area contributed by atoms with Gasteiger partial charge in [0.1, 0.15) is 22.8 Å². The van der Waals surface area contributed by atoms with Crippen LogP contribution in [0.4, 0.5) is 4.79 Å². The summed E-state index contributed by atoms with van der Waals surface area (Å²) in [6, 6.07) is 12.2. The molecule has 0 bridgehead atoms. The van der Waals surface area contributed by atoms with Crippen molar-refractivity contribution < 1.29 is 19.1 Å². The lowest BCUT2D eigenvalue weighted by molar-refractivity contribution is 0.0999. The first-order chi connectivity index (χ1) is 14.5. The van der Waals surface area contributed by atoms with E-state index in [1.165, 1.54) is 7.11 Å². The van der Waals surface area contributed by atoms with Crippen molar-refractivity contribution >= 4 is 33.7 Å². The van der Waals surface area contributed by atoms with Crippen LogP contribution in [-0.2, 0) is 0 Å². The summed E-state index contributed by atoms with van der Waals surface area (Å²) in [5.41, 5.74) is 6.92. The summed E-state index contributed by atoms with van der Waals surface area (Å²) in [5, 5.41) is 4.27. The topological polar surface area (TPSA) is 108 Å². The van der Waals surface area contributed by atoms with Gasteiger partial charge in [0.05, 0.1) is 18.1 Å². The minimum Gasteiger partial charge on any atom is -0.496 e. The zero-order valence-corrected chi connectivity index (χ0v) is 16.5. The van der Waals surface area contributed by atoms with Crippen LogP contribution in [0.2, 0.25) is 0 Å². The highest BCUT2D eigenvalue weighted by atomic mass is 16.5. The Morgan fingerprint density at radius 3 is 2.70 bits per heavy atom. The van der Waals surface area contributed by atoms with Crippen molar-refractivity contribution in [3.05, 3.63) is 60.4 Å². The van der Waals surface area contributed by atoms with E-state index in [0.717, 1.165) is 10.9 Å². The zero-order chi connectivity index (χ0) is 21.3. The van der Waals surface area contributed by atoms with Crippen LogP contribution in [0.5, 0.6) is 17.2 Å². The van der Waals surface area contributed by atoms with Crippen molar-refractivity contribution in [2.24, 2.45) is 5.73 Å². The molecule has 8 nitrogen and oxygen atoms in total. The number of benzene rings is 2. The highest BCUT2D eigenvalue weighted by Crippen LogP contribution is 2.34. The average Bonchev–Trinajstić information content (AvgIpc) is 3.16. The Morgan fingerprint density at radius 1 is 1.13 bits per heavy atom. The van der Waals surface area contributed by atoms with Gasteiger partial charge in [-0.05, 0) is 49.4 Å². The Kier molecular flexibility index (Phi) is 4.97. The van der Waals surface area contributed by atoms with E-state index in [1.807, 2.05) is 25.1 Å². The van der Waals surface area contributed by atoms with Crippen LogP contribution in [0.15, 0.2) is 54.9 Å². The predicted octanol–water partition coefficient (Wildman–Crippen LogP) is 3.67. The molecule has 152 valence electrons. The Balaban J connectivity index is 1.74. The fourth-order valence-corrected chi connectivity index (χ4v) is 3.40. The van der Waals surface area contributed by atoms with E-state index in [2.05, 4.69) is 10.3 Å². The Morgan fingerprint density at radius 2 is 1.97 bits per heavy atom. The van der Waals surface area contributed by atoms with Crippen molar-refractivity contribution in [2.75, 3.05) is 13.7 Å². The number of primary amides is 1. The van der Waals surface area contributed by atoms with Gasteiger partial charge in [0.15, 0.2) is 0 Å². The van der Waals surface area contributed by atoms with E-state index in [1.54, 1.807) is 41.2 Å².